The summed E-state index contributed by atoms with van der Waals surface area (Å²) in [5.74, 6) is 0. The highest BCUT2D eigenvalue weighted by molar-refractivity contribution is 5.42. The lowest BCUT2D eigenvalue weighted by molar-refractivity contribution is 0.938. The Morgan fingerprint density at radius 3 is 2.62 bits per heavy atom. The van der Waals surface area contributed by atoms with Crippen LogP contribution >= 0.6 is 0 Å². The van der Waals surface area contributed by atoms with Crippen molar-refractivity contribution in [1.82, 2.24) is 0 Å². The summed E-state index contributed by atoms with van der Waals surface area (Å²) in [7, 11) is 0. The molecule has 0 N–H and O–H groups in total. The van der Waals surface area contributed by atoms with E-state index in [4.69, 9.17) is 0 Å². The zero-order chi connectivity index (χ0) is 9.68. The van der Waals surface area contributed by atoms with Crippen molar-refractivity contribution in [3.63, 3.8) is 0 Å². The van der Waals surface area contributed by atoms with E-state index in [1.165, 1.54) is 16.7 Å². The van der Waals surface area contributed by atoms with Gasteiger partial charge in [0.05, 0.1) is 0 Å². The van der Waals surface area contributed by atoms with Crippen LogP contribution in [0.4, 0.5) is 0 Å². The van der Waals surface area contributed by atoms with Gasteiger partial charge in [-0.25, -0.2) is 0 Å². The molecule has 0 fully saturated rings. The second kappa shape index (κ2) is 4.66. The summed E-state index contributed by atoms with van der Waals surface area (Å²) in [6.45, 7) is 9.77. The van der Waals surface area contributed by atoms with Crippen LogP contribution in [0.1, 0.15) is 19.8 Å². The third kappa shape index (κ3) is 2.59. The van der Waals surface area contributed by atoms with Crippen LogP contribution in [0.25, 0.3) is 0 Å². The molecular formula is C13H16. The smallest absolute Gasteiger partial charge is 0.0231 e. The molecule has 0 heterocycles. The third-order valence-corrected chi connectivity index (χ3v) is 2.28. The van der Waals surface area contributed by atoms with Crippen molar-refractivity contribution >= 4 is 0 Å². The molecule has 0 nitrogen and oxygen atoms in total. The van der Waals surface area contributed by atoms with Gasteiger partial charge in [-0.15, -0.1) is 0 Å². The van der Waals surface area contributed by atoms with E-state index in [0.717, 1.165) is 12.8 Å². The zero-order valence-electron chi connectivity index (χ0n) is 8.22. The second-order valence-electron chi connectivity index (χ2n) is 3.26. The first kappa shape index (κ1) is 9.79. The van der Waals surface area contributed by atoms with Gasteiger partial charge in [-0.2, -0.15) is 0 Å². The highest BCUT2D eigenvalue weighted by Gasteiger charge is 2.00. The summed E-state index contributed by atoms with van der Waals surface area (Å²) >= 11 is 0. The standard InChI is InChI=1S/C13H16/c1-4-12-8-6-7-11(3)9-10-13(12)5-2/h4-8H,1-2,9-10H2,3H3/b8-6-,11-7+,13-12-. The van der Waals surface area contributed by atoms with Gasteiger partial charge in [-0.05, 0) is 30.9 Å². The van der Waals surface area contributed by atoms with Crippen LogP contribution in [0.15, 0.2) is 60.3 Å². The molecule has 1 aliphatic rings. The average molecular weight is 172 g/mol. The lowest BCUT2D eigenvalue weighted by atomic mass is 9.97. The molecule has 0 unspecified atom stereocenters. The second-order valence-corrected chi connectivity index (χ2v) is 3.26. The van der Waals surface area contributed by atoms with Crippen molar-refractivity contribution in [3.8, 4) is 0 Å². The molecular weight excluding hydrogens is 156 g/mol. The first-order valence-electron chi connectivity index (χ1n) is 4.59. The Kier molecular flexibility index (Phi) is 3.51. The number of allylic oxidation sites excluding steroid dienone is 8. The van der Waals surface area contributed by atoms with E-state index in [1.54, 1.807) is 0 Å². The van der Waals surface area contributed by atoms with E-state index in [-0.39, 0.29) is 0 Å². The monoisotopic (exact) mass is 172 g/mol. The molecule has 68 valence electrons. The molecule has 0 bridgehead atoms. The predicted octanol–water partition coefficient (Wildman–Crippen LogP) is 3.95. The Morgan fingerprint density at radius 2 is 2.00 bits per heavy atom. The molecule has 0 amide bonds. The molecule has 0 heteroatoms. The van der Waals surface area contributed by atoms with Crippen molar-refractivity contribution in [2.45, 2.75) is 19.8 Å². The Balaban J connectivity index is 3.01. The Labute approximate surface area is 80.7 Å². The minimum atomic E-state index is 1.07. The zero-order valence-corrected chi connectivity index (χ0v) is 8.22. The molecule has 1 aliphatic carbocycles. The SMILES string of the molecule is C=CC1=C(\C=C)CC/C(C)=C/C=C\1. The molecule has 0 atom stereocenters. The molecule has 0 aromatic heterocycles. The maximum atomic E-state index is 3.82. The fourth-order valence-electron chi connectivity index (χ4n) is 1.40. The van der Waals surface area contributed by atoms with Crippen LogP contribution in [0.5, 0.6) is 0 Å². The number of hydrogen-bond acceptors (Lipinski definition) is 0. The maximum Gasteiger partial charge on any atom is -0.0231 e. The van der Waals surface area contributed by atoms with E-state index >= 15 is 0 Å². The first-order chi connectivity index (χ1) is 6.27. The summed E-state index contributed by atoms with van der Waals surface area (Å²) < 4.78 is 0. The van der Waals surface area contributed by atoms with Crippen LogP contribution in [-0.4, -0.2) is 0 Å². The van der Waals surface area contributed by atoms with Crippen LogP contribution in [0.2, 0.25) is 0 Å². The maximum absolute atomic E-state index is 3.82. The molecule has 0 saturated heterocycles. The van der Waals surface area contributed by atoms with E-state index in [9.17, 15) is 0 Å². The molecule has 1 rings (SSSR count). The lowest BCUT2D eigenvalue weighted by Crippen LogP contribution is -1.88. The van der Waals surface area contributed by atoms with Crippen molar-refractivity contribution < 1.29 is 0 Å². The van der Waals surface area contributed by atoms with Crippen LogP contribution in [-0.2, 0) is 0 Å². The van der Waals surface area contributed by atoms with Crippen molar-refractivity contribution in [1.29, 1.82) is 0 Å². The minimum absolute atomic E-state index is 1.07. The fraction of sp³-hybridized carbons (Fsp3) is 0.231. The molecule has 13 heavy (non-hydrogen) atoms. The van der Waals surface area contributed by atoms with Crippen LogP contribution in [0, 0.1) is 0 Å². The molecule has 0 radical (unpaired) electrons. The van der Waals surface area contributed by atoms with Crippen molar-refractivity contribution in [3.05, 3.63) is 60.3 Å². The number of rotatable bonds is 2. The molecule has 0 aliphatic heterocycles. The van der Waals surface area contributed by atoms with E-state index < -0.39 is 0 Å². The van der Waals surface area contributed by atoms with E-state index in [2.05, 4.69) is 38.3 Å². The minimum Gasteiger partial charge on any atom is -0.0988 e. The highest BCUT2D eigenvalue weighted by atomic mass is 14.1. The molecule has 0 saturated carbocycles. The van der Waals surface area contributed by atoms with Gasteiger partial charge >= 0.3 is 0 Å². The van der Waals surface area contributed by atoms with Gasteiger partial charge in [0, 0.05) is 0 Å². The Hall–Kier alpha value is -1.30. The lowest BCUT2D eigenvalue weighted by Gasteiger charge is -2.08. The van der Waals surface area contributed by atoms with Gasteiger partial charge in [0.15, 0.2) is 0 Å². The number of hydrogen-bond donors (Lipinski definition) is 0. The molecule has 0 aromatic carbocycles. The van der Waals surface area contributed by atoms with Crippen molar-refractivity contribution in [2.75, 3.05) is 0 Å². The van der Waals surface area contributed by atoms with Gasteiger partial charge in [0.1, 0.15) is 0 Å². The summed E-state index contributed by atoms with van der Waals surface area (Å²) in [6, 6.07) is 0. The van der Waals surface area contributed by atoms with Crippen LogP contribution < -0.4 is 0 Å². The topological polar surface area (TPSA) is 0 Å². The Bertz CT molecular complexity index is 298. The van der Waals surface area contributed by atoms with Gasteiger partial charge in [0.25, 0.3) is 0 Å². The molecule has 0 aromatic rings. The van der Waals surface area contributed by atoms with Gasteiger partial charge in [-0.1, -0.05) is 49.1 Å². The molecule has 0 spiro atoms. The first-order valence-corrected chi connectivity index (χ1v) is 4.59. The Morgan fingerprint density at radius 1 is 1.23 bits per heavy atom. The summed E-state index contributed by atoms with van der Waals surface area (Å²) in [6.07, 6.45) is 12.3. The predicted molar refractivity (Wildman–Crippen MR) is 59.6 cm³/mol. The summed E-state index contributed by atoms with van der Waals surface area (Å²) in [5.41, 5.74) is 3.90. The normalized spacial score (nSPS) is 29.5. The van der Waals surface area contributed by atoms with Crippen LogP contribution in [0.3, 0.4) is 0 Å². The largest absolute Gasteiger partial charge is 0.0988 e. The van der Waals surface area contributed by atoms with Gasteiger partial charge in [0.2, 0.25) is 0 Å². The van der Waals surface area contributed by atoms with Crippen molar-refractivity contribution in [2.24, 2.45) is 0 Å². The third-order valence-electron chi connectivity index (χ3n) is 2.28. The fourth-order valence-corrected chi connectivity index (χ4v) is 1.40. The average Bonchev–Trinajstić information content (AvgIpc) is 2.12. The summed E-state index contributed by atoms with van der Waals surface area (Å²) in [5, 5.41) is 0. The van der Waals surface area contributed by atoms with Gasteiger partial charge in [-0.3, -0.25) is 0 Å². The summed E-state index contributed by atoms with van der Waals surface area (Å²) in [4.78, 5) is 0. The van der Waals surface area contributed by atoms with Gasteiger partial charge < -0.3 is 0 Å². The van der Waals surface area contributed by atoms with E-state index in [1.807, 2.05) is 12.2 Å². The quantitative estimate of drug-likeness (QED) is 0.591. The highest BCUT2D eigenvalue weighted by Crippen LogP contribution is 2.20. The van der Waals surface area contributed by atoms with E-state index in [0.29, 0.717) is 0 Å².